The molecule has 0 amide bonds. The molecule has 0 saturated carbocycles. The second-order valence-electron chi connectivity index (χ2n) is 6.44. The lowest BCUT2D eigenvalue weighted by Gasteiger charge is -2.07. The molecule has 5 rings (SSSR count). The van der Waals surface area contributed by atoms with Crippen LogP contribution in [-0.2, 0) is 11.1 Å². The van der Waals surface area contributed by atoms with Crippen molar-refractivity contribution >= 4 is 47.5 Å². The first-order chi connectivity index (χ1) is 14.3. The first-order valence-electron chi connectivity index (χ1n) is 8.89. The van der Waals surface area contributed by atoms with E-state index in [9.17, 15) is 4.57 Å². The van der Waals surface area contributed by atoms with Crippen LogP contribution in [0, 0.1) is 0 Å². The zero-order valence-electron chi connectivity index (χ0n) is 15.1. The van der Waals surface area contributed by atoms with Gasteiger partial charge in [-0.3, -0.25) is 9.55 Å². The number of hydrogen-bond acceptors (Lipinski definition) is 7. The first-order valence-corrected chi connectivity index (χ1v) is 9.70. The second kappa shape index (κ2) is 7.33. The van der Waals surface area contributed by atoms with Gasteiger partial charge in [-0.15, -0.1) is 5.10 Å². The first kappa shape index (κ1) is 17.3. The smallest absolute Gasteiger partial charge is 0.221 e. The molecule has 2 aromatic carbocycles. The highest BCUT2D eigenvalue weighted by Gasteiger charge is 2.10. The summed E-state index contributed by atoms with van der Waals surface area (Å²) in [7, 11) is -0.00269. The van der Waals surface area contributed by atoms with E-state index >= 15 is 0 Å². The topological polar surface area (TPSA) is 98.5 Å². The molecule has 1 N–H and O–H groups in total. The molecule has 3 aromatic heterocycles. The normalized spacial score (nSPS) is 11.3. The lowest BCUT2D eigenvalue weighted by atomic mass is 10.1. The zero-order chi connectivity index (χ0) is 19.6. The molecule has 8 nitrogen and oxygen atoms in total. The molecule has 9 heteroatoms. The van der Waals surface area contributed by atoms with Crippen LogP contribution in [0.4, 0.5) is 11.5 Å². The Bertz CT molecular complexity index is 1330. The van der Waals surface area contributed by atoms with E-state index in [1.807, 2.05) is 36.4 Å². The molecular weight excluding hydrogens is 385 g/mol. The Balaban J connectivity index is 1.44. The van der Waals surface area contributed by atoms with Gasteiger partial charge in [0.1, 0.15) is 0 Å². The Morgan fingerprint density at radius 2 is 1.93 bits per heavy atom. The molecule has 0 aliphatic rings. The van der Waals surface area contributed by atoms with Crippen molar-refractivity contribution in [3.8, 4) is 0 Å². The molecule has 140 valence electrons. The summed E-state index contributed by atoms with van der Waals surface area (Å²) < 4.78 is 12.6. The average Bonchev–Trinajstić information content (AvgIpc) is 3.16. The summed E-state index contributed by atoms with van der Waals surface area (Å²) in [5, 5.41) is 13.3. The minimum atomic E-state index is -0.00269. The van der Waals surface area contributed by atoms with Gasteiger partial charge in [0.25, 0.3) is 0 Å². The monoisotopic (exact) mass is 399 g/mol. The summed E-state index contributed by atoms with van der Waals surface area (Å²) in [4.78, 5) is 13.3. The third-order valence-corrected chi connectivity index (χ3v) is 4.98. The summed E-state index contributed by atoms with van der Waals surface area (Å²) in [6.45, 7) is 0.525. The summed E-state index contributed by atoms with van der Waals surface area (Å²) in [6, 6.07) is 17.3. The van der Waals surface area contributed by atoms with Gasteiger partial charge in [-0.05, 0) is 48.0 Å². The molecule has 0 radical (unpaired) electrons. The highest BCUT2D eigenvalue weighted by Crippen LogP contribution is 2.18. The van der Waals surface area contributed by atoms with Crippen molar-refractivity contribution in [2.75, 3.05) is 5.32 Å². The minimum Gasteiger partial charge on any atom is -0.339 e. The summed E-state index contributed by atoms with van der Waals surface area (Å²) in [6.07, 6.45) is 3.40. The molecule has 0 unspecified atom stereocenters. The van der Waals surface area contributed by atoms with Gasteiger partial charge < -0.3 is 5.32 Å². The molecule has 0 bridgehead atoms. The van der Waals surface area contributed by atoms with Crippen molar-refractivity contribution in [2.24, 2.45) is 0 Å². The lowest BCUT2D eigenvalue weighted by Crippen LogP contribution is -2.04. The van der Waals surface area contributed by atoms with Gasteiger partial charge in [0.2, 0.25) is 5.65 Å². The fraction of sp³-hybridized carbons (Fsp3) is 0.0500. The van der Waals surface area contributed by atoms with Crippen LogP contribution in [0.5, 0.6) is 0 Å². The van der Waals surface area contributed by atoms with Gasteiger partial charge in [-0.25, -0.2) is 14.6 Å². The third-order valence-electron chi connectivity index (χ3n) is 4.47. The fourth-order valence-electron chi connectivity index (χ4n) is 3.07. The lowest BCUT2D eigenvalue weighted by molar-refractivity contribution is 0.603. The minimum absolute atomic E-state index is 0.00269. The van der Waals surface area contributed by atoms with Gasteiger partial charge in [0.05, 0.1) is 18.3 Å². The maximum Gasteiger partial charge on any atom is 0.221 e. The fourth-order valence-corrected chi connectivity index (χ4v) is 3.34. The van der Waals surface area contributed by atoms with Crippen molar-refractivity contribution in [3.63, 3.8) is 0 Å². The van der Waals surface area contributed by atoms with Gasteiger partial charge >= 0.3 is 0 Å². The van der Waals surface area contributed by atoms with Crippen LogP contribution in [0.2, 0.25) is 0 Å². The second-order valence-corrected chi connectivity index (χ2v) is 7.14. The number of anilines is 2. The molecule has 0 spiro atoms. The highest BCUT2D eigenvalue weighted by molar-refractivity contribution is 7.34. The quantitative estimate of drug-likeness (QED) is 0.452. The predicted octanol–water partition coefficient (Wildman–Crippen LogP) is 3.48. The molecule has 0 saturated heterocycles. The van der Waals surface area contributed by atoms with Crippen LogP contribution in [0.3, 0.4) is 0 Å². The van der Waals surface area contributed by atoms with Gasteiger partial charge in [-0.2, -0.15) is 0 Å². The maximum absolute atomic E-state index is 10.9. The average molecular weight is 399 g/mol. The summed E-state index contributed by atoms with van der Waals surface area (Å²) in [5.41, 5.74) is 3.93. The SMILES string of the molecule is O=Pc1ccc(Nc2cnc3nnn(Cc4ccc5ncccc5c4)c3n2)cc1. The van der Waals surface area contributed by atoms with Crippen molar-refractivity contribution in [3.05, 3.63) is 72.6 Å². The molecule has 0 atom stereocenters. The number of pyridine rings is 1. The van der Waals surface area contributed by atoms with E-state index < -0.39 is 0 Å². The Morgan fingerprint density at radius 3 is 2.79 bits per heavy atom. The Morgan fingerprint density at radius 1 is 1.03 bits per heavy atom. The van der Waals surface area contributed by atoms with Gasteiger partial charge in [0, 0.05) is 22.6 Å². The van der Waals surface area contributed by atoms with E-state index in [2.05, 4.69) is 36.6 Å². The van der Waals surface area contributed by atoms with Crippen LogP contribution in [0.15, 0.2) is 67.0 Å². The van der Waals surface area contributed by atoms with Crippen LogP contribution in [0.1, 0.15) is 5.56 Å². The van der Waals surface area contributed by atoms with E-state index in [1.54, 1.807) is 29.2 Å². The Hall–Kier alpha value is -3.77. The number of hydrogen-bond donors (Lipinski definition) is 1. The van der Waals surface area contributed by atoms with E-state index in [-0.39, 0.29) is 8.46 Å². The Kier molecular flexibility index (Phi) is 4.38. The van der Waals surface area contributed by atoms with E-state index in [0.29, 0.717) is 29.0 Å². The summed E-state index contributed by atoms with van der Waals surface area (Å²) >= 11 is 0. The number of benzene rings is 2. The molecule has 5 aromatic rings. The molecule has 3 heterocycles. The van der Waals surface area contributed by atoms with Crippen LogP contribution in [0.25, 0.3) is 22.2 Å². The Labute approximate surface area is 166 Å². The molecule has 29 heavy (non-hydrogen) atoms. The highest BCUT2D eigenvalue weighted by atomic mass is 31.1. The molecule has 0 aliphatic carbocycles. The van der Waals surface area contributed by atoms with E-state index in [0.717, 1.165) is 22.2 Å². The number of rotatable bonds is 5. The zero-order valence-corrected chi connectivity index (χ0v) is 16.0. The standard InChI is InChI=1S/C20H14N7OP/c28-29-16-6-4-15(5-7-16)23-18-11-22-19-20(24-18)27(26-25-19)12-13-3-8-17-14(10-13)2-1-9-21-17/h1-11H,12H2,(H,23,24). The number of nitrogens with zero attached hydrogens (tertiary/aromatic N) is 6. The van der Waals surface area contributed by atoms with Crippen LogP contribution >= 0.6 is 8.46 Å². The number of nitrogens with one attached hydrogen (secondary N) is 1. The molecule has 0 fully saturated rings. The molecule has 0 aliphatic heterocycles. The third kappa shape index (κ3) is 3.53. The number of fused-ring (bicyclic) bond motifs is 2. The van der Waals surface area contributed by atoms with Crippen LogP contribution in [-0.4, -0.2) is 29.9 Å². The van der Waals surface area contributed by atoms with Crippen molar-refractivity contribution in [2.45, 2.75) is 6.54 Å². The number of aromatic nitrogens is 6. The van der Waals surface area contributed by atoms with E-state index in [4.69, 9.17) is 0 Å². The van der Waals surface area contributed by atoms with Gasteiger partial charge in [0.15, 0.2) is 19.9 Å². The van der Waals surface area contributed by atoms with Crippen LogP contribution < -0.4 is 10.6 Å². The largest absolute Gasteiger partial charge is 0.339 e. The van der Waals surface area contributed by atoms with Gasteiger partial charge in [-0.1, -0.05) is 17.3 Å². The molecular formula is C20H14N7OP. The van der Waals surface area contributed by atoms with Crippen molar-refractivity contribution in [1.82, 2.24) is 29.9 Å². The van der Waals surface area contributed by atoms with Crippen molar-refractivity contribution in [1.29, 1.82) is 0 Å². The van der Waals surface area contributed by atoms with E-state index in [1.165, 1.54) is 0 Å². The summed E-state index contributed by atoms with van der Waals surface area (Å²) in [5.74, 6) is 0.580. The predicted molar refractivity (Wildman–Crippen MR) is 111 cm³/mol. The van der Waals surface area contributed by atoms with Crippen molar-refractivity contribution < 1.29 is 4.57 Å². The maximum atomic E-state index is 10.9.